The minimum absolute atomic E-state index is 0.650. The lowest BCUT2D eigenvalue weighted by Crippen LogP contribution is -2.20. The van der Waals surface area contributed by atoms with Crippen LogP contribution in [0.1, 0.15) is 19.3 Å². The summed E-state index contributed by atoms with van der Waals surface area (Å²) >= 11 is 0. The number of anilines is 1. The molecule has 0 radical (unpaired) electrons. The molecule has 1 aliphatic carbocycles. The Bertz CT molecular complexity index is 204. The molecule has 1 saturated carbocycles. The van der Waals surface area contributed by atoms with Crippen molar-refractivity contribution in [2.45, 2.75) is 19.3 Å². The van der Waals surface area contributed by atoms with Gasteiger partial charge in [0, 0.05) is 6.54 Å². The summed E-state index contributed by atoms with van der Waals surface area (Å²) in [4.78, 5) is 3.97. The molecule has 1 heterocycles. The summed E-state index contributed by atoms with van der Waals surface area (Å²) < 4.78 is 5.03. The van der Waals surface area contributed by atoms with Crippen molar-refractivity contribution in [2.24, 2.45) is 5.92 Å². The van der Waals surface area contributed by atoms with Crippen molar-refractivity contribution in [2.75, 3.05) is 11.9 Å². The molecule has 3 nitrogen and oxygen atoms in total. The van der Waals surface area contributed by atoms with Crippen molar-refractivity contribution in [1.82, 2.24) is 4.98 Å². The first-order valence-corrected chi connectivity index (χ1v) is 4.08. The Labute approximate surface area is 65.8 Å². The number of rotatable bonds is 3. The molecule has 2 rings (SSSR count). The molecule has 1 aliphatic rings. The zero-order valence-electron chi connectivity index (χ0n) is 6.42. The van der Waals surface area contributed by atoms with Crippen LogP contribution in [0.15, 0.2) is 16.9 Å². The molecule has 3 heteroatoms. The van der Waals surface area contributed by atoms with Crippen molar-refractivity contribution in [1.29, 1.82) is 0 Å². The Balaban J connectivity index is 1.74. The SMILES string of the molecule is c1coc(NCC2CCC2)n1. The molecule has 0 aromatic carbocycles. The second kappa shape index (κ2) is 2.95. The third-order valence-corrected chi connectivity index (χ3v) is 2.20. The third kappa shape index (κ3) is 1.53. The summed E-state index contributed by atoms with van der Waals surface area (Å²) in [6, 6.07) is 0.650. The van der Waals surface area contributed by atoms with Crippen LogP contribution in [0.25, 0.3) is 0 Å². The van der Waals surface area contributed by atoms with Gasteiger partial charge in [-0.2, -0.15) is 0 Å². The van der Waals surface area contributed by atoms with Crippen LogP contribution < -0.4 is 5.32 Å². The van der Waals surface area contributed by atoms with Crippen LogP contribution in [0.5, 0.6) is 0 Å². The number of nitrogens with one attached hydrogen (secondary N) is 1. The van der Waals surface area contributed by atoms with Crippen molar-refractivity contribution in [3.63, 3.8) is 0 Å². The zero-order chi connectivity index (χ0) is 7.52. The highest BCUT2D eigenvalue weighted by Crippen LogP contribution is 2.26. The minimum atomic E-state index is 0.650. The Hall–Kier alpha value is -0.990. The van der Waals surface area contributed by atoms with E-state index in [1.54, 1.807) is 12.5 Å². The molecule has 60 valence electrons. The fourth-order valence-electron chi connectivity index (χ4n) is 1.24. The van der Waals surface area contributed by atoms with E-state index < -0.39 is 0 Å². The van der Waals surface area contributed by atoms with Gasteiger partial charge in [-0.05, 0) is 18.8 Å². The molecular weight excluding hydrogens is 140 g/mol. The van der Waals surface area contributed by atoms with Crippen LogP contribution >= 0.6 is 0 Å². The van der Waals surface area contributed by atoms with Crippen LogP contribution in [0.4, 0.5) is 6.01 Å². The number of hydrogen-bond acceptors (Lipinski definition) is 3. The van der Waals surface area contributed by atoms with E-state index in [4.69, 9.17) is 4.42 Å². The van der Waals surface area contributed by atoms with Crippen molar-refractivity contribution in [3.8, 4) is 0 Å². The number of hydrogen-bond donors (Lipinski definition) is 1. The molecule has 0 aliphatic heterocycles. The highest BCUT2D eigenvalue weighted by molar-refractivity contribution is 5.17. The number of oxazole rings is 1. The predicted molar refractivity (Wildman–Crippen MR) is 42.3 cm³/mol. The molecule has 0 unspecified atom stereocenters. The fraction of sp³-hybridized carbons (Fsp3) is 0.625. The standard InChI is InChI=1S/C8H12N2O/c1-2-7(3-1)6-10-8-9-4-5-11-8/h4-5,7H,1-3,6H2,(H,9,10). The molecule has 0 bridgehead atoms. The van der Waals surface area contributed by atoms with Gasteiger partial charge in [0.15, 0.2) is 0 Å². The van der Waals surface area contributed by atoms with E-state index in [0.29, 0.717) is 6.01 Å². The molecule has 1 aromatic rings. The Morgan fingerprint density at radius 1 is 1.64 bits per heavy atom. The first kappa shape index (κ1) is 6.70. The largest absolute Gasteiger partial charge is 0.432 e. The molecular formula is C8H12N2O. The quantitative estimate of drug-likeness (QED) is 0.718. The fourth-order valence-corrected chi connectivity index (χ4v) is 1.24. The van der Waals surface area contributed by atoms with Gasteiger partial charge in [0.1, 0.15) is 6.26 Å². The molecule has 0 spiro atoms. The Morgan fingerprint density at radius 3 is 3.09 bits per heavy atom. The van der Waals surface area contributed by atoms with E-state index in [2.05, 4.69) is 10.3 Å². The van der Waals surface area contributed by atoms with Crippen molar-refractivity contribution >= 4 is 6.01 Å². The zero-order valence-corrected chi connectivity index (χ0v) is 6.42. The first-order valence-electron chi connectivity index (χ1n) is 4.08. The third-order valence-electron chi connectivity index (χ3n) is 2.20. The summed E-state index contributed by atoms with van der Waals surface area (Å²) in [6.07, 6.45) is 7.34. The average Bonchev–Trinajstić information content (AvgIpc) is 2.36. The summed E-state index contributed by atoms with van der Waals surface area (Å²) in [6.45, 7) is 1.01. The van der Waals surface area contributed by atoms with Gasteiger partial charge in [0.2, 0.25) is 0 Å². The summed E-state index contributed by atoms with van der Waals surface area (Å²) in [5.74, 6) is 0.849. The molecule has 1 N–H and O–H groups in total. The van der Waals surface area contributed by atoms with Gasteiger partial charge < -0.3 is 9.73 Å². The number of aromatic nitrogens is 1. The van der Waals surface area contributed by atoms with Gasteiger partial charge in [0.25, 0.3) is 6.01 Å². The van der Waals surface area contributed by atoms with Gasteiger partial charge >= 0.3 is 0 Å². The number of nitrogens with zero attached hydrogens (tertiary/aromatic N) is 1. The van der Waals surface area contributed by atoms with Crippen LogP contribution in [-0.2, 0) is 0 Å². The van der Waals surface area contributed by atoms with Gasteiger partial charge in [-0.25, -0.2) is 4.98 Å². The first-order chi connectivity index (χ1) is 5.45. The lowest BCUT2D eigenvalue weighted by atomic mass is 9.85. The Kier molecular flexibility index (Phi) is 1.79. The average molecular weight is 152 g/mol. The topological polar surface area (TPSA) is 38.1 Å². The molecule has 0 saturated heterocycles. The van der Waals surface area contributed by atoms with Gasteiger partial charge in [0.05, 0.1) is 6.20 Å². The maximum Gasteiger partial charge on any atom is 0.294 e. The highest BCUT2D eigenvalue weighted by atomic mass is 16.4. The smallest absolute Gasteiger partial charge is 0.294 e. The maximum atomic E-state index is 5.03. The molecule has 11 heavy (non-hydrogen) atoms. The predicted octanol–water partition coefficient (Wildman–Crippen LogP) is 1.89. The molecule has 1 aromatic heterocycles. The lowest BCUT2D eigenvalue weighted by Gasteiger charge is -2.24. The summed E-state index contributed by atoms with van der Waals surface area (Å²) in [5.41, 5.74) is 0. The van der Waals surface area contributed by atoms with Crippen molar-refractivity contribution < 1.29 is 4.42 Å². The van der Waals surface area contributed by atoms with E-state index in [0.717, 1.165) is 12.5 Å². The van der Waals surface area contributed by atoms with E-state index in [-0.39, 0.29) is 0 Å². The second-order valence-electron chi connectivity index (χ2n) is 3.02. The Morgan fingerprint density at radius 2 is 2.55 bits per heavy atom. The normalized spacial score (nSPS) is 17.8. The van der Waals surface area contributed by atoms with E-state index in [9.17, 15) is 0 Å². The second-order valence-corrected chi connectivity index (χ2v) is 3.02. The van der Waals surface area contributed by atoms with Crippen LogP contribution in [0.2, 0.25) is 0 Å². The molecule has 1 fully saturated rings. The summed E-state index contributed by atoms with van der Waals surface area (Å²) in [5, 5.41) is 3.15. The van der Waals surface area contributed by atoms with E-state index in [1.165, 1.54) is 19.3 Å². The molecule has 0 amide bonds. The monoisotopic (exact) mass is 152 g/mol. The minimum Gasteiger partial charge on any atom is -0.432 e. The van der Waals surface area contributed by atoms with Crippen LogP contribution in [-0.4, -0.2) is 11.5 Å². The summed E-state index contributed by atoms with van der Waals surface area (Å²) in [7, 11) is 0. The van der Waals surface area contributed by atoms with Gasteiger partial charge in [-0.15, -0.1) is 0 Å². The lowest BCUT2D eigenvalue weighted by molar-refractivity contribution is 0.331. The van der Waals surface area contributed by atoms with Crippen LogP contribution in [0, 0.1) is 5.92 Å². The van der Waals surface area contributed by atoms with E-state index in [1.807, 2.05) is 0 Å². The van der Waals surface area contributed by atoms with E-state index >= 15 is 0 Å². The maximum absolute atomic E-state index is 5.03. The van der Waals surface area contributed by atoms with Crippen LogP contribution in [0.3, 0.4) is 0 Å². The van der Waals surface area contributed by atoms with Gasteiger partial charge in [-0.3, -0.25) is 0 Å². The highest BCUT2D eigenvalue weighted by Gasteiger charge is 2.16. The van der Waals surface area contributed by atoms with Gasteiger partial charge in [-0.1, -0.05) is 6.42 Å². The molecule has 0 atom stereocenters. The van der Waals surface area contributed by atoms with Crippen molar-refractivity contribution in [3.05, 3.63) is 12.5 Å².